The standard InChI is InChI=1S/C22H30N4O7/c1-5-6-10-31-13-16(24-21(30)32-22(2,3)4)18-25-17(33-26-18)12-23-19(27)14-8-7-9-15(11-14)20(28)29/h7-9,11,16H,5-6,10,12-13H2,1-4H3,(H,23,27)(H,24,30)(H,28,29). The normalized spacial score (nSPS) is 12.1. The predicted molar refractivity (Wildman–Crippen MR) is 117 cm³/mol. The SMILES string of the molecule is CCCCOCC(NC(=O)OC(C)(C)C)c1noc(CNC(=O)c2cccc(C(=O)O)c2)n1. The lowest BCUT2D eigenvalue weighted by atomic mass is 10.1. The summed E-state index contributed by atoms with van der Waals surface area (Å²) < 4.78 is 16.1. The molecule has 11 heteroatoms. The third kappa shape index (κ3) is 8.89. The van der Waals surface area contributed by atoms with Crippen LogP contribution in [0.1, 0.15) is 79.0 Å². The largest absolute Gasteiger partial charge is 0.478 e. The van der Waals surface area contributed by atoms with Crippen molar-refractivity contribution in [3.8, 4) is 0 Å². The van der Waals surface area contributed by atoms with Crippen LogP contribution in [-0.4, -0.2) is 52.0 Å². The quantitative estimate of drug-likeness (QED) is 0.428. The topological polar surface area (TPSA) is 153 Å². The van der Waals surface area contributed by atoms with Gasteiger partial charge in [0, 0.05) is 12.2 Å². The minimum absolute atomic E-state index is 0.00172. The van der Waals surface area contributed by atoms with E-state index in [2.05, 4.69) is 20.8 Å². The van der Waals surface area contributed by atoms with Crippen LogP contribution >= 0.6 is 0 Å². The molecular formula is C22H30N4O7. The first kappa shape index (κ1) is 25.8. The molecule has 0 saturated heterocycles. The van der Waals surface area contributed by atoms with Crippen LogP contribution in [0, 0.1) is 0 Å². The molecule has 0 aliphatic rings. The Hall–Kier alpha value is -3.47. The number of unbranched alkanes of at least 4 members (excludes halogenated alkanes) is 1. The highest BCUT2D eigenvalue weighted by molar-refractivity contribution is 5.97. The van der Waals surface area contributed by atoms with Crippen molar-refractivity contribution in [2.24, 2.45) is 0 Å². The molecule has 1 aromatic carbocycles. The Balaban J connectivity index is 2.02. The Bertz CT molecular complexity index is 952. The molecule has 1 aromatic heterocycles. The number of alkyl carbamates (subject to hydrolysis) is 1. The highest BCUT2D eigenvalue weighted by Crippen LogP contribution is 2.14. The zero-order valence-electron chi connectivity index (χ0n) is 19.2. The fraction of sp³-hybridized carbons (Fsp3) is 0.500. The zero-order valence-corrected chi connectivity index (χ0v) is 19.2. The Morgan fingerprint density at radius 2 is 1.94 bits per heavy atom. The molecule has 0 bridgehead atoms. The van der Waals surface area contributed by atoms with Crippen molar-refractivity contribution in [1.82, 2.24) is 20.8 Å². The van der Waals surface area contributed by atoms with Gasteiger partial charge in [-0.05, 0) is 45.4 Å². The fourth-order valence-electron chi connectivity index (χ4n) is 2.61. The number of carbonyl (C=O) groups excluding carboxylic acids is 2. The molecule has 11 nitrogen and oxygen atoms in total. The summed E-state index contributed by atoms with van der Waals surface area (Å²) in [5.74, 6) is -1.34. The molecule has 0 spiro atoms. The van der Waals surface area contributed by atoms with E-state index in [1.165, 1.54) is 24.3 Å². The number of nitrogens with one attached hydrogen (secondary N) is 2. The van der Waals surface area contributed by atoms with E-state index in [1.807, 2.05) is 6.92 Å². The van der Waals surface area contributed by atoms with Gasteiger partial charge < -0.3 is 29.7 Å². The number of carbonyl (C=O) groups is 3. The van der Waals surface area contributed by atoms with Gasteiger partial charge in [0.15, 0.2) is 5.82 Å². The van der Waals surface area contributed by atoms with Gasteiger partial charge in [0.2, 0.25) is 5.89 Å². The van der Waals surface area contributed by atoms with Crippen LogP contribution < -0.4 is 10.6 Å². The van der Waals surface area contributed by atoms with Crippen LogP contribution in [0.4, 0.5) is 4.79 Å². The number of rotatable bonds is 11. The van der Waals surface area contributed by atoms with Crippen molar-refractivity contribution in [2.75, 3.05) is 13.2 Å². The molecule has 2 amide bonds. The van der Waals surface area contributed by atoms with Crippen molar-refractivity contribution >= 4 is 18.0 Å². The number of carboxylic acid groups (broad SMARTS) is 1. The molecule has 3 N–H and O–H groups in total. The molecule has 2 rings (SSSR count). The Morgan fingerprint density at radius 3 is 2.61 bits per heavy atom. The van der Waals surface area contributed by atoms with Gasteiger partial charge in [-0.3, -0.25) is 4.79 Å². The molecule has 0 fully saturated rings. The van der Waals surface area contributed by atoms with Gasteiger partial charge in [0.1, 0.15) is 11.6 Å². The number of hydrogen-bond acceptors (Lipinski definition) is 8. The third-order valence-electron chi connectivity index (χ3n) is 4.19. The monoisotopic (exact) mass is 462 g/mol. The van der Waals surface area contributed by atoms with Crippen LogP contribution in [0.5, 0.6) is 0 Å². The van der Waals surface area contributed by atoms with E-state index >= 15 is 0 Å². The lowest BCUT2D eigenvalue weighted by Gasteiger charge is -2.22. The van der Waals surface area contributed by atoms with E-state index in [-0.39, 0.29) is 36.0 Å². The molecule has 180 valence electrons. The summed E-state index contributed by atoms with van der Waals surface area (Å²) >= 11 is 0. The van der Waals surface area contributed by atoms with E-state index in [1.54, 1.807) is 20.8 Å². The predicted octanol–water partition coefficient (Wildman–Crippen LogP) is 3.08. The second-order valence-corrected chi connectivity index (χ2v) is 8.24. The van der Waals surface area contributed by atoms with Gasteiger partial charge in [0.05, 0.1) is 18.7 Å². The van der Waals surface area contributed by atoms with Crippen LogP contribution in [0.15, 0.2) is 28.8 Å². The maximum absolute atomic E-state index is 12.3. The van der Waals surface area contributed by atoms with Crippen molar-refractivity contribution in [3.05, 3.63) is 47.1 Å². The summed E-state index contributed by atoms with van der Waals surface area (Å²) in [6.45, 7) is 7.84. The molecule has 33 heavy (non-hydrogen) atoms. The summed E-state index contributed by atoms with van der Waals surface area (Å²) in [5.41, 5.74) is -0.493. The number of hydrogen-bond donors (Lipinski definition) is 3. The average Bonchev–Trinajstić information content (AvgIpc) is 3.22. The first-order valence-electron chi connectivity index (χ1n) is 10.6. The van der Waals surface area contributed by atoms with Crippen LogP contribution in [0.3, 0.4) is 0 Å². The molecule has 1 heterocycles. The summed E-state index contributed by atoms with van der Waals surface area (Å²) in [5, 5.41) is 18.2. The van der Waals surface area contributed by atoms with Crippen molar-refractivity contribution in [3.63, 3.8) is 0 Å². The smallest absolute Gasteiger partial charge is 0.408 e. The maximum Gasteiger partial charge on any atom is 0.408 e. The number of nitrogens with zero attached hydrogens (tertiary/aromatic N) is 2. The minimum atomic E-state index is -1.13. The molecule has 1 atom stereocenters. The van der Waals surface area contributed by atoms with Crippen molar-refractivity contribution < 1.29 is 33.5 Å². The second kappa shape index (κ2) is 12.0. The van der Waals surface area contributed by atoms with E-state index in [4.69, 9.17) is 19.1 Å². The van der Waals surface area contributed by atoms with E-state index in [0.29, 0.717) is 6.61 Å². The lowest BCUT2D eigenvalue weighted by Crippen LogP contribution is -2.37. The summed E-state index contributed by atoms with van der Waals surface area (Å²) in [4.78, 5) is 39.8. The highest BCUT2D eigenvalue weighted by Gasteiger charge is 2.24. The molecule has 0 aliphatic carbocycles. The number of aromatic carboxylic acids is 1. The Morgan fingerprint density at radius 1 is 1.21 bits per heavy atom. The van der Waals surface area contributed by atoms with Gasteiger partial charge in [-0.15, -0.1) is 0 Å². The number of benzene rings is 1. The molecule has 0 saturated carbocycles. The molecular weight excluding hydrogens is 432 g/mol. The van der Waals surface area contributed by atoms with E-state index < -0.39 is 29.6 Å². The number of amides is 2. The van der Waals surface area contributed by atoms with Gasteiger partial charge in [-0.1, -0.05) is 24.6 Å². The van der Waals surface area contributed by atoms with Gasteiger partial charge >= 0.3 is 12.1 Å². The molecule has 0 aliphatic heterocycles. The molecule has 0 radical (unpaired) electrons. The number of aromatic nitrogens is 2. The van der Waals surface area contributed by atoms with E-state index in [9.17, 15) is 14.4 Å². The van der Waals surface area contributed by atoms with Gasteiger partial charge in [-0.25, -0.2) is 9.59 Å². The zero-order chi connectivity index (χ0) is 24.4. The van der Waals surface area contributed by atoms with Gasteiger partial charge in [-0.2, -0.15) is 4.98 Å². The van der Waals surface area contributed by atoms with Crippen molar-refractivity contribution in [1.29, 1.82) is 0 Å². The molecule has 2 aromatic rings. The lowest BCUT2D eigenvalue weighted by molar-refractivity contribution is 0.0431. The highest BCUT2D eigenvalue weighted by atomic mass is 16.6. The first-order valence-corrected chi connectivity index (χ1v) is 10.6. The number of carboxylic acids is 1. The Labute approximate surface area is 191 Å². The van der Waals surface area contributed by atoms with Crippen molar-refractivity contribution in [2.45, 2.75) is 58.7 Å². The number of ether oxygens (including phenoxy) is 2. The molecule has 1 unspecified atom stereocenters. The van der Waals surface area contributed by atoms with Crippen LogP contribution in [0.2, 0.25) is 0 Å². The third-order valence-corrected chi connectivity index (χ3v) is 4.19. The minimum Gasteiger partial charge on any atom is -0.478 e. The fourth-order valence-corrected chi connectivity index (χ4v) is 2.61. The first-order chi connectivity index (χ1) is 15.6. The van der Waals surface area contributed by atoms with Crippen LogP contribution in [-0.2, 0) is 16.0 Å². The van der Waals surface area contributed by atoms with Crippen LogP contribution in [0.25, 0.3) is 0 Å². The summed E-state index contributed by atoms with van der Waals surface area (Å²) in [7, 11) is 0. The maximum atomic E-state index is 12.3. The van der Waals surface area contributed by atoms with Gasteiger partial charge in [0.25, 0.3) is 5.91 Å². The summed E-state index contributed by atoms with van der Waals surface area (Å²) in [6, 6.07) is 4.93. The van der Waals surface area contributed by atoms with E-state index in [0.717, 1.165) is 12.8 Å². The Kier molecular flexibility index (Phi) is 9.34. The summed E-state index contributed by atoms with van der Waals surface area (Å²) in [6.07, 6.45) is 1.18. The average molecular weight is 463 g/mol. The second-order valence-electron chi connectivity index (χ2n) is 8.24.